The first-order valence-electron chi connectivity index (χ1n) is 8.37. The van der Waals surface area contributed by atoms with Gasteiger partial charge in [0.05, 0.1) is 17.9 Å². The molecule has 1 aliphatic rings. The topological polar surface area (TPSA) is 70.2 Å². The zero-order valence-corrected chi connectivity index (χ0v) is 14.2. The molecule has 0 spiro atoms. The minimum absolute atomic E-state index is 0.000897. The Morgan fingerprint density at radius 3 is 2.61 bits per heavy atom. The van der Waals surface area contributed by atoms with Crippen LogP contribution >= 0.6 is 0 Å². The van der Waals surface area contributed by atoms with Crippen molar-refractivity contribution in [3.05, 3.63) is 23.8 Å². The van der Waals surface area contributed by atoms with E-state index in [0.29, 0.717) is 11.6 Å². The summed E-state index contributed by atoms with van der Waals surface area (Å²) in [5.41, 5.74) is 2.54. The Morgan fingerprint density at radius 1 is 1.17 bits per heavy atom. The van der Waals surface area contributed by atoms with Gasteiger partial charge in [0, 0.05) is 13.0 Å². The predicted octanol–water partition coefficient (Wildman–Crippen LogP) is 3.06. The number of hydrogen-bond donors (Lipinski definition) is 3. The molecule has 1 fully saturated rings. The second-order valence-electron chi connectivity index (χ2n) is 6.52. The van der Waals surface area contributed by atoms with Crippen LogP contribution in [0.3, 0.4) is 0 Å². The van der Waals surface area contributed by atoms with Crippen molar-refractivity contribution in [3.63, 3.8) is 0 Å². The van der Waals surface area contributed by atoms with Gasteiger partial charge >= 0.3 is 0 Å². The van der Waals surface area contributed by atoms with Crippen LogP contribution in [0.4, 0.5) is 11.4 Å². The summed E-state index contributed by atoms with van der Waals surface area (Å²) in [7, 11) is 0. The van der Waals surface area contributed by atoms with Gasteiger partial charge in [-0.2, -0.15) is 0 Å². The van der Waals surface area contributed by atoms with E-state index in [9.17, 15) is 9.59 Å². The summed E-state index contributed by atoms with van der Waals surface area (Å²) in [5, 5.41) is 9.04. The molecule has 1 saturated carbocycles. The maximum atomic E-state index is 12.2. The zero-order valence-electron chi connectivity index (χ0n) is 14.2. The summed E-state index contributed by atoms with van der Waals surface area (Å²) in [6, 6.07) is 5.99. The van der Waals surface area contributed by atoms with E-state index in [1.54, 1.807) is 0 Å². The van der Waals surface area contributed by atoms with Crippen LogP contribution in [-0.2, 0) is 9.59 Å². The predicted molar refractivity (Wildman–Crippen MR) is 93.5 cm³/mol. The highest BCUT2D eigenvalue weighted by Crippen LogP contribution is 2.24. The molecule has 1 aliphatic carbocycles. The highest BCUT2D eigenvalue weighted by Gasteiger charge is 2.22. The molecule has 1 aromatic carbocycles. The fourth-order valence-corrected chi connectivity index (χ4v) is 3.07. The molecule has 0 radical (unpaired) electrons. The lowest BCUT2D eigenvalue weighted by atomic mass is 9.86. The maximum absolute atomic E-state index is 12.2. The van der Waals surface area contributed by atoms with Crippen LogP contribution in [0.25, 0.3) is 0 Å². The number of carbonyl (C=O) groups is 2. The standard InChI is InChI=1S/C18H27N3O2/c1-12-8-9-16(20-14(3)22)17(10-12)19-11-18(23)21-15-7-5-4-6-13(15)2/h8-10,13,15,19H,4-7,11H2,1-3H3,(H,20,22)(H,21,23)/t13-,15+/m0/s1. The van der Waals surface area contributed by atoms with Crippen molar-refractivity contribution >= 4 is 23.2 Å². The van der Waals surface area contributed by atoms with Crippen molar-refractivity contribution in [2.45, 2.75) is 52.5 Å². The molecular formula is C18H27N3O2. The minimum atomic E-state index is -0.127. The monoisotopic (exact) mass is 317 g/mol. The van der Waals surface area contributed by atoms with E-state index in [1.807, 2.05) is 25.1 Å². The molecule has 2 rings (SSSR count). The van der Waals surface area contributed by atoms with Crippen LogP contribution < -0.4 is 16.0 Å². The van der Waals surface area contributed by atoms with Crippen molar-refractivity contribution in [3.8, 4) is 0 Å². The number of anilines is 2. The summed E-state index contributed by atoms with van der Waals surface area (Å²) in [6.45, 7) is 5.86. The second-order valence-corrected chi connectivity index (χ2v) is 6.52. The lowest BCUT2D eigenvalue weighted by Gasteiger charge is -2.29. The van der Waals surface area contributed by atoms with E-state index in [2.05, 4.69) is 22.9 Å². The van der Waals surface area contributed by atoms with Gasteiger partial charge in [-0.3, -0.25) is 9.59 Å². The van der Waals surface area contributed by atoms with E-state index in [1.165, 1.54) is 26.2 Å². The molecule has 3 N–H and O–H groups in total. The Morgan fingerprint density at radius 2 is 1.91 bits per heavy atom. The molecule has 5 heteroatoms. The Labute approximate surface area is 138 Å². The van der Waals surface area contributed by atoms with Crippen LogP contribution in [0.5, 0.6) is 0 Å². The van der Waals surface area contributed by atoms with Crippen LogP contribution in [0.1, 0.15) is 45.1 Å². The molecule has 23 heavy (non-hydrogen) atoms. The average Bonchev–Trinajstić information content (AvgIpc) is 2.49. The van der Waals surface area contributed by atoms with Gasteiger partial charge in [-0.1, -0.05) is 25.8 Å². The molecule has 5 nitrogen and oxygen atoms in total. The lowest BCUT2D eigenvalue weighted by molar-refractivity contribution is -0.120. The van der Waals surface area contributed by atoms with Gasteiger partial charge in [-0.25, -0.2) is 0 Å². The maximum Gasteiger partial charge on any atom is 0.239 e. The van der Waals surface area contributed by atoms with Crippen molar-refractivity contribution in [1.29, 1.82) is 0 Å². The third-order valence-corrected chi connectivity index (χ3v) is 4.38. The molecule has 0 heterocycles. The fraction of sp³-hybridized carbons (Fsp3) is 0.556. The van der Waals surface area contributed by atoms with Gasteiger partial charge in [-0.15, -0.1) is 0 Å². The Hall–Kier alpha value is -2.04. The van der Waals surface area contributed by atoms with Gasteiger partial charge in [0.2, 0.25) is 11.8 Å². The summed E-state index contributed by atoms with van der Waals surface area (Å²) < 4.78 is 0. The minimum Gasteiger partial charge on any atom is -0.374 e. The first-order valence-corrected chi connectivity index (χ1v) is 8.37. The molecule has 126 valence electrons. The quantitative estimate of drug-likeness (QED) is 0.781. The molecule has 0 aliphatic heterocycles. The van der Waals surface area contributed by atoms with Gasteiger partial charge in [0.1, 0.15) is 0 Å². The Balaban J connectivity index is 1.93. The van der Waals surface area contributed by atoms with E-state index >= 15 is 0 Å². The molecule has 0 saturated heterocycles. The summed E-state index contributed by atoms with van der Waals surface area (Å²) in [4.78, 5) is 23.5. The highest BCUT2D eigenvalue weighted by molar-refractivity contribution is 5.93. The first kappa shape index (κ1) is 17.3. The number of hydrogen-bond acceptors (Lipinski definition) is 3. The number of aryl methyl sites for hydroxylation is 1. The number of rotatable bonds is 5. The zero-order chi connectivity index (χ0) is 16.8. The number of nitrogens with one attached hydrogen (secondary N) is 3. The van der Waals surface area contributed by atoms with E-state index in [4.69, 9.17) is 0 Å². The van der Waals surface area contributed by atoms with E-state index < -0.39 is 0 Å². The smallest absolute Gasteiger partial charge is 0.239 e. The highest BCUT2D eigenvalue weighted by atomic mass is 16.2. The average molecular weight is 317 g/mol. The summed E-state index contributed by atoms with van der Waals surface area (Å²) >= 11 is 0. The molecule has 0 bridgehead atoms. The van der Waals surface area contributed by atoms with Crippen LogP contribution in [-0.4, -0.2) is 24.4 Å². The van der Waals surface area contributed by atoms with Crippen LogP contribution in [0.2, 0.25) is 0 Å². The lowest BCUT2D eigenvalue weighted by Crippen LogP contribution is -2.43. The number of carbonyl (C=O) groups excluding carboxylic acids is 2. The van der Waals surface area contributed by atoms with Crippen LogP contribution in [0, 0.1) is 12.8 Å². The van der Waals surface area contributed by atoms with Crippen molar-refractivity contribution < 1.29 is 9.59 Å². The molecule has 2 atom stereocenters. The molecule has 0 unspecified atom stereocenters. The number of amides is 2. The normalized spacial score (nSPS) is 20.7. The number of benzene rings is 1. The van der Waals surface area contributed by atoms with E-state index in [-0.39, 0.29) is 24.4 Å². The summed E-state index contributed by atoms with van der Waals surface area (Å²) in [5.74, 6) is 0.415. The van der Waals surface area contributed by atoms with Gasteiger partial charge in [0.25, 0.3) is 0 Å². The van der Waals surface area contributed by atoms with Crippen molar-refractivity contribution in [2.75, 3.05) is 17.2 Å². The van der Waals surface area contributed by atoms with Crippen molar-refractivity contribution in [1.82, 2.24) is 5.32 Å². The van der Waals surface area contributed by atoms with Crippen molar-refractivity contribution in [2.24, 2.45) is 5.92 Å². The largest absolute Gasteiger partial charge is 0.374 e. The first-order chi connectivity index (χ1) is 11.0. The third kappa shape index (κ3) is 5.27. The van der Waals surface area contributed by atoms with Gasteiger partial charge in [-0.05, 0) is 43.4 Å². The summed E-state index contributed by atoms with van der Waals surface area (Å²) in [6.07, 6.45) is 4.69. The molecule has 2 amide bonds. The fourth-order valence-electron chi connectivity index (χ4n) is 3.07. The molecule has 1 aromatic rings. The van der Waals surface area contributed by atoms with E-state index in [0.717, 1.165) is 17.7 Å². The Kier molecular flexibility index (Phi) is 6.02. The SMILES string of the molecule is CC(=O)Nc1ccc(C)cc1NCC(=O)N[C@@H]1CCCC[C@@H]1C. The van der Waals surface area contributed by atoms with Crippen LogP contribution in [0.15, 0.2) is 18.2 Å². The molecular weight excluding hydrogens is 290 g/mol. The van der Waals surface area contributed by atoms with Gasteiger partial charge < -0.3 is 16.0 Å². The molecule has 0 aromatic heterocycles. The third-order valence-electron chi connectivity index (χ3n) is 4.38. The van der Waals surface area contributed by atoms with Gasteiger partial charge in [0.15, 0.2) is 0 Å². The Bertz CT molecular complexity index is 571. The second kappa shape index (κ2) is 7.99.